The summed E-state index contributed by atoms with van der Waals surface area (Å²) < 4.78 is 0.858. The van der Waals surface area contributed by atoms with E-state index >= 15 is 0 Å². The molecule has 4 heteroatoms. The van der Waals surface area contributed by atoms with Crippen LogP contribution in [0.15, 0.2) is 36.7 Å². The monoisotopic (exact) mass is 266 g/mol. The Morgan fingerprint density at radius 2 is 2.24 bits per heavy atom. The number of nitrogens with one attached hydrogen (secondary N) is 1. The molecule has 1 unspecified atom stereocenters. The highest BCUT2D eigenvalue weighted by atomic mass is 35.5. The highest BCUT2D eigenvalue weighted by Gasteiger charge is 2.10. The summed E-state index contributed by atoms with van der Waals surface area (Å²) in [6, 6.07) is 8.57. The molecule has 1 N–H and O–H groups in total. The third-order valence-electron chi connectivity index (χ3n) is 2.69. The summed E-state index contributed by atoms with van der Waals surface area (Å²) in [6.45, 7) is 0. The van der Waals surface area contributed by atoms with Gasteiger partial charge in [0, 0.05) is 23.3 Å². The van der Waals surface area contributed by atoms with Gasteiger partial charge >= 0.3 is 0 Å². The quantitative estimate of drug-likeness (QED) is 0.899. The SMILES string of the molecule is CNC(Cc1cccnc1)Cc1ccc(Cl)s1. The highest BCUT2D eigenvalue weighted by molar-refractivity contribution is 7.16. The number of nitrogens with zero attached hydrogens (tertiary/aromatic N) is 1. The van der Waals surface area contributed by atoms with Crippen LogP contribution in [0.3, 0.4) is 0 Å². The summed E-state index contributed by atoms with van der Waals surface area (Å²) in [7, 11) is 2.00. The van der Waals surface area contributed by atoms with Crippen LogP contribution in [0, 0.1) is 0 Å². The Morgan fingerprint density at radius 1 is 1.35 bits per heavy atom. The largest absolute Gasteiger partial charge is 0.316 e. The van der Waals surface area contributed by atoms with Gasteiger partial charge < -0.3 is 5.32 Å². The maximum absolute atomic E-state index is 5.94. The van der Waals surface area contributed by atoms with Crippen LogP contribution in [-0.2, 0) is 12.8 Å². The lowest BCUT2D eigenvalue weighted by molar-refractivity contribution is 0.559. The number of likely N-dealkylation sites (N-methyl/N-ethyl adjacent to an activating group) is 1. The summed E-state index contributed by atoms with van der Waals surface area (Å²) >= 11 is 7.59. The van der Waals surface area contributed by atoms with Gasteiger partial charge in [-0.15, -0.1) is 11.3 Å². The summed E-state index contributed by atoms with van der Waals surface area (Å²) in [5, 5.41) is 3.34. The number of thiophene rings is 1. The van der Waals surface area contributed by atoms with E-state index in [9.17, 15) is 0 Å². The van der Waals surface area contributed by atoms with Gasteiger partial charge in [0.15, 0.2) is 0 Å². The van der Waals surface area contributed by atoms with Crippen molar-refractivity contribution >= 4 is 22.9 Å². The minimum atomic E-state index is 0.425. The number of hydrogen-bond acceptors (Lipinski definition) is 3. The number of halogens is 1. The molecule has 2 heterocycles. The van der Waals surface area contributed by atoms with E-state index in [2.05, 4.69) is 22.4 Å². The van der Waals surface area contributed by atoms with Crippen molar-refractivity contribution in [2.24, 2.45) is 0 Å². The lowest BCUT2D eigenvalue weighted by atomic mass is 10.0. The standard InChI is InChI=1S/C13H15ClN2S/c1-15-11(7-10-3-2-6-16-9-10)8-12-4-5-13(14)17-12/h2-6,9,11,15H,7-8H2,1H3. The Labute approximate surface area is 111 Å². The van der Waals surface area contributed by atoms with E-state index in [-0.39, 0.29) is 0 Å². The first-order chi connectivity index (χ1) is 8.28. The molecule has 0 aliphatic carbocycles. The van der Waals surface area contributed by atoms with Crippen LogP contribution in [0.4, 0.5) is 0 Å². The van der Waals surface area contributed by atoms with Crippen LogP contribution < -0.4 is 5.32 Å². The van der Waals surface area contributed by atoms with Crippen molar-refractivity contribution in [3.05, 3.63) is 51.4 Å². The van der Waals surface area contributed by atoms with Crippen molar-refractivity contribution in [3.8, 4) is 0 Å². The van der Waals surface area contributed by atoms with Crippen LogP contribution in [0.2, 0.25) is 4.34 Å². The molecular formula is C13H15ClN2S. The van der Waals surface area contributed by atoms with Gasteiger partial charge in [0.1, 0.15) is 0 Å². The molecule has 0 aliphatic heterocycles. The van der Waals surface area contributed by atoms with Crippen molar-refractivity contribution in [1.29, 1.82) is 0 Å². The molecule has 17 heavy (non-hydrogen) atoms. The number of rotatable bonds is 5. The van der Waals surface area contributed by atoms with Gasteiger partial charge in [0.05, 0.1) is 4.34 Å². The molecule has 2 aromatic heterocycles. The summed E-state index contributed by atoms with van der Waals surface area (Å²) in [6.07, 6.45) is 5.71. The molecule has 0 bridgehead atoms. The fourth-order valence-corrected chi connectivity index (χ4v) is 2.95. The zero-order chi connectivity index (χ0) is 12.1. The molecule has 2 nitrogen and oxygen atoms in total. The maximum Gasteiger partial charge on any atom is 0.0931 e. The Bertz CT molecular complexity index is 455. The first kappa shape index (κ1) is 12.6. The predicted molar refractivity (Wildman–Crippen MR) is 73.8 cm³/mol. The Morgan fingerprint density at radius 3 is 2.82 bits per heavy atom. The molecule has 0 saturated carbocycles. The fraction of sp³-hybridized carbons (Fsp3) is 0.308. The molecule has 0 amide bonds. The average molecular weight is 267 g/mol. The normalized spacial score (nSPS) is 12.6. The van der Waals surface area contributed by atoms with E-state index in [0.29, 0.717) is 6.04 Å². The molecule has 0 saturated heterocycles. The Hall–Kier alpha value is -0.900. The van der Waals surface area contributed by atoms with E-state index in [4.69, 9.17) is 11.6 Å². The first-order valence-corrected chi connectivity index (χ1v) is 6.78. The summed E-state index contributed by atoms with van der Waals surface area (Å²) in [4.78, 5) is 5.45. The van der Waals surface area contributed by atoms with Crippen molar-refractivity contribution in [1.82, 2.24) is 10.3 Å². The Kier molecular flexibility index (Phi) is 4.54. The lowest BCUT2D eigenvalue weighted by Crippen LogP contribution is -2.29. The van der Waals surface area contributed by atoms with Gasteiger partial charge in [0.25, 0.3) is 0 Å². The van der Waals surface area contributed by atoms with Crippen LogP contribution in [0.25, 0.3) is 0 Å². The number of hydrogen-bond donors (Lipinski definition) is 1. The van der Waals surface area contributed by atoms with E-state index < -0.39 is 0 Å². The minimum absolute atomic E-state index is 0.425. The predicted octanol–water partition coefficient (Wildman–Crippen LogP) is 3.17. The van der Waals surface area contributed by atoms with E-state index in [1.54, 1.807) is 17.5 Å². The average Bonchev–Trinajstić information content (AvgIpc) is 2.75. The summed E-state index contributed by atoms with van der Waals surface area (Å²) in [5.41, 5.74) is 1.26. The minimum Gasteiger partial charge on any atom is -0.316 e. The van der Waals surface area contributed by atoms with Gasteiger partial charge in [0.2, 0.25) is 0 Å². The zero-order valence-corrected chi connectivity index (χ0v) is 11.3. The van der Waals surface area contributed by atoms with Crippen molar-refractivity contribution in [3.63, 3.8) is 0 Å². The van der Waals surface area contributed by atoms with Crippen molar-refractivity contribution < 1.29 is 0 Å². The molecule has 1 atom stereocenters. The molecular weight excluding hydrogens is 252 g/mol. The van der Waals surface area contributed by atoms with Crippen molar-refractivity contribution in [2.75, 3.05) is 7.05 Å². The lowest BCUT2D eigenvalue weighted by Gasteiger charge is -2.14. The third kappa shape index (κ3) is 3.80. The van der Waals surface area contributed by atoms with Gasteiger partial charge in [-0.25, -0.2) is 0 Å². The first-order valence-electron chi connectivity index (χ1n) is 5.58. The van der Waals surface area contributed by atoms with Crippen LogP contribution in [-0.4, -0.2) is 18.1 Å². The van der Waals surface area contributed by atoms with Gasteiger partial charge in [-0.05, 0) is 43.7 Å². The van der Waals surface area contributed by atoms with Crippen molar-refractivity contribution in [2.45, 2.75) is 18.9 Å². The Balaban J connectivity index is 1.98. The van der Waals surface area contributed by atoms with Crippen LogP contribution >= 0.6 is 22.9 Å². The molecule has 0 aromatic carbocycles. The topological polar surface area (TPSA) is 24.9 Å². The van der Waals surface area contributed by atoms with Crippen LogP contribution in [0.1, 0.15) is 10.4 Å². The molecule has 0 spiro atoms. The fourth-order valence-electron chi connectivity index (χ4n) is 1.78. The second kappa shape index (κ2) is 6.15. The third-order valence-corrected chi connectivity index (χ3v) is 3.94. The second-order valence-electron chi connectivity index (χ2n) is 3.96. The van der Waals surface area contributed by atoms with Gasteiger partial charge in [-0.2, -0.15) is 0 Å². The number of aromatic nitrogens is 1. The van der Waals surface area contributed by atoms with E-state index in [1.165, 1.54) is 10.4 Å². The molecule has 2 aromatic rings. The van der Waals surface area contributed by atoms with Crippen LogP contribution in [0.5, 0.6) is 0 Å². The molecule has 0 radical (unpaired) electrons. The smallest absolute Gasteiger partial charge is 0.0931 e. The number of pyridine rings is 1. The van der Waals surface area contributed by atoms with Gasteiger partial charge in [-0.1, -0.05) is 17.7 Å². The molecule has 0 fully saturated rings. The molecule has 2 rings (SSSR count). The van der Waals surface area contributed by atoms with E-state index in [1.807, 2.05) is 25.4 Å². The maximum atomic E-state index is 5.94. The summed E-state index contributed by atoms with van der Waals surface area (Å²) in [5.74, 6) is 0. The second-order valence-corrected chi connectivity index (χ2v) is 5.76. The molecule has 90 valence electrons. The van der Waals surface area contributed by atoms with Gasteiger partial charge in [-0.3, -0.25) is 4.98 Å². The van der Waals surface area contributed by atoms with E-state index in [0.717, 1.165) is 17.2 Å². The highest BCUT2D eigenvalue weighted by Crippen LogP contribution is 2.23. The molecule has 0 aliphatic rings. The zero-order valence-electron chi connectivity index (χ0n) is 9.69.